The highest BCUT2D eigenvalue weighted by atomic mass is 127. The molecule has 1 heterocycles. The number of hydrogen-bond donors (Lipinski definition) is 3. The lowest BCUT2D eigenvalue weighted by molar-refractivity contribution is 0.245. The van der Waals surface area contributed by atoms with Crippen molar-refractivity contribution >= 4 is 29.9 Å². The molecule has 0 saturated carbocycles. The Labute approximate surface area is 190 Å². The fourth-order valence-corrected chi connectivity index (χ4v) is 3.61. The summed E-state index contributed by atoms with van der Waals surface area (Å²) in [4.78, 5) is 6.86. The van der Waals surface area contributed by atoms with E-state index in [1.165, 1.54) is 18.4 Å². The molecule has 0 radical (unpaired) electrons. The number of phenols is 1. The van der Waals surface area contributed by atoms with Crippen molar-refractivity contribution in [2.75, 3.05) is 33.8 Å². The van der Waals surface area contributed by atoms with Crippen LogP contribution >= 0.6 is 24.0 Å². The number of rotatable bonds is 7. The molecule has 2 aromatic carbocycles. The van der Waals surface area contributed by atoms with Crippen molar-refractivity contribution in [1.29, 1.82) is 0 Å². The number of benzene rings is 2. The SMILES string of the molecule is CN=C(NCc1cc(OC)ccc1O)NCC(c1ccccc1)N1CCCC1.I. The first-order valence-corrected chi connectivity index (χ1v) is 9.80. The summed E-state index contributed by atoms with van der Waals surface area (Å²) in [7, 11) is 3.38. The van der Waals surface area contributed by atoms with Crippen LogP contribution in [-0.2, 0) is 6.54 Å². The third-order valence-electron chi connectivity index (χ3n) is 5.19. The van der Waals surface area contributed by atoms with Gasteiger partial charge in [0.15, 0.2) is 5.96 Å². The zero-order valence-electron chi connectivity index (χ0n) is 17.1. The van der Waals surface area contributed by atoms with Gasteiger partial charge in [-0.15, -0.1) is 24.0 Å². The summed E-state index contributed by atoms with van der Waals surface area (Å²) in [6.07, 6.45) is 2.51. The zero-order chi connectivity index (χ0) is 19.8. The Balaban J connectivity index is 0.00000300. The van der Waals surface area contributed by atoms with Crippen LogP contribution in [0.25, 0.3) is 0 Å². The second-order valence-electron chi connectivity index (χ2n) is 6.97. The van der Waals surface area contributed by atoms with Gasteiger partial charge in [0.1, 0.15) is 11.5 Å². The maximum absolute atomic E-state index is 10.1. The quantitative estimate of drug-likeness (QED) is 0.302. The predicted molar refractivity (Wildman–Crippen MR) is 128 cm³/mol. The van der Waals surface area contributed by atoms with E-state index in [4.69, 9.17) is 4.74 Å². The van der Waals surface area contributed by atoms with E-state index in [-0.39, 0.29) is 29.7 Å². The second-order valence-corrected chi connectivity index (χ2v) is 6.97. The van der Waals surface area contributed by atoms with Gasteiger partial charge in [-0.2, -0.15) is 0 Å². The standard InChI is InChI=1S/C22H30N4O2.HI/c1-23-22(24-15-18-14-19(28-2)10-11-21(18)27)25-16-20(26-12-6-7-13-26)17-8-4-3-5-9-17;/h3-5,8-11,14,20,27H,6-7,12-13,15-16H2,1-2H3,(H2,23,24,25);1H. The van der Waals surface area contributed by atoms with Crippen molar-refractivity contribution in [1.82, 2.24) is 15.5 Å². The summed E-state index contributed by atoms with van der Waals surface area (Å²) in [5, 5.41) is 16.8. The first-order valence-electron chi connectivity index (χ1n) is 9.80. The maximum atomic E-state index is 10.1. The third kappa shape index (κ3) is 6.50. The summed E-state index contributed by atoms with van der Waals surface area (Å²) in [5.74, 6) is 1.67. The lowest BCUT2D eigenvalue weighted by atomic mass is 10.1. The average Bonchev–Trinajstić information content (AvgIpc) is 3.27. The largest absolute Gasteiger partial charge is 0.508 e. The first-order chi connectivity index (χ1) is 13.7. The Morgan fingerprint density at radius 3 is 2.52 bits per heavy atom. The van der Waals surface area contributed by atoms with Gasteiger partial charge in [-0.1, -0.05) is 30.3 Å². The molecule has 3 N–H and O–H groups in total. The van der Waals surface area contributed by atoms with Crippen LogP contribution in [-0.4, -0.2) is 49.8 Å². The molecule has 1 saturated heterocycles. The van der Waals surface area contributed by atoms with Crippen LogP contribution in [0.4, 0.5) is 0 Å². The van der Waals surface area contributed by atoms with E-state index in [0.29, 0.717) is 18.5 Å². The predicted octanol–water partition coefficient (Wildman–Crippen LogP) is 3.52. The minimum absolute atomic E-state index is 0. The van der Waals surface area contributed by atoms with E-state index >= 15 is 0 Å². The van der Waals surface area contributed by atoms with E-state index in [1.807, 2.05) is 6.07 Å². The van der Waals surface area contributed by atoms with E-state index in [1.54, 1.807) is 26.3 Å². The van der Waals surface area contributed by atoms with Crippen molar-refractivity contribution in [3.05, 3.63) is 59.7 Å². The molecule has 158 valence electrons. The molecule has 0 bridgehead atoms. The Morgan fingerprint density at radius 1 is 1.14 bits per heavy atom. The molecule has 2 aromatic rings. The highest BCUT2D eigenvalue weighted by Crippen LogP contribution is 2.25. The Hall–Kier alpha value is -2.00. The first kappa shape index (κ1) is 23.3. The Bertz CT molecular complexity index is 780. The van der Waals surface area contributed by atoms with Crippen LogP contribution in [0.2, 0.25) is 0 Å². The normalized spacial score (nSPS) is 15.4. The number of nitrogens with zero attached hydrogens (tertiary/aromatic N) is 2. The number of hydrogen-bond acceptors (Lipinski definition) is 4. The minimum atomic E-state index is 0. The smallest absolute Gasteiger partial charge is 0.191 e. The van der Waals surface area contributed by atoms with Gasteiger partial charge < -0.3 is 20.5 Å². The molecule has 0 amide bonds. The minimum Gasteiger partial charge on any atom is -0.508 e. The highest BCUT2D eigenvalue weighted by molar-refractivity contribution is 14.0. The molecule has 1 unspecified atom stereocenters. The van der Waals surface area contributed by atoms with Crippen molar-refractivity contribution < 1.29 is 9.84 Å². The number of guanidine groups is 1. The maximum Gasteiger partial charge on any atom is 0.191 e. The van der Waals surface area contributed by atoms with E-state index in [2.05, 4.69) is 50.9 Å². The summed E-state index contributed by atoms with van der Waals surface area (Å²) >= 11 is 0. The molecule has 1 atom stereocenters. The molecule has 29 heavy (non-hydrogen) atoms. The molecule has 3 rings (SSSR count). The van der Waals surface area contributed by atoms with Gasteiger partial charge in [0.05, 0.1) is 13.2 Å². The lowest BCUT2D eigenvalue weighted by Crippen LogP contribution is -2.42. The van der Waals surface area contributed by atoms with Gasteiger partial charge in [-0.25, -0.2) is 0 Å². The number of methoxy groups -OCH3 is 1. The third-order valence-corrected chi connectivity index (χ3v) is 5.19. The molecular formula is C22H31IN4O2. The number of nitrogens with one attached hydrogen (secondary N) is 2. The van der Waals surface area contributed by atoms with Crippen molar-refractivity contribution in [3.63, 3.8) is 0 Å². The van der Waals surface area contributed by atoms with Gasteiger partial charge in [-0.05, 0) is 49.7 Å². The zero-order valence-corrected chi connectivity index (χ0v) is 19.4. The average molecular weight is 510 g/mol. The van der Waals surface area contributed by atoms with E-state index in [0.717, 1.165) is 30.9 Å². The molecule has 7 heteroatoms. The van der Waals surface area contributed by atoms with Crippen LogP contribution in [0.15, 0.2) is 53.5 Å². The number of phenolic OH excluding ortho intramolecular Hbond substituents is 1. The Kier molecular flexibility index (Phi) is 9.53. The molecule has 6 nitrogen and oxygen atoms in total. The summed E-state index contributed by atoms with van der Waals surface area (Å²) in [6, 6.07) is 16.1. The van der Waals surface area contributed by atoms with Gasteiger partial charge in [0.2, 0.25) is 0 Å². The molecule has 0 spiro atoms. The van der Waals surface area contributed by atoms with Crippen molar-refractivity contribution in [2.45, 2.75) is 25.4 Å². The summed E-state index contributed by atoms with van der Waals surface area (Å²) in [5.41, 5.74) is 2.08. The second kappa shape index (κ2) is 11.9. The van der Waals surface area contributed by atoms with Gasteiger partial charge >= 0.3 is 0 Å². The molecule has 1 fully saturated rings. The number of ether oxygens (including phenoxy) is 1. The molecule has 0 aromatic heterocycles. The lowest BCUT2D eigenvalue weighted by Gasteiger charge is -2.29. The Morgan fingerprint density at radius 2 is 1.86 bits per heavy atom. The summed E-state index contributed by atoms with van der Waals surface area (Å²) in [6.45, 7) is 3.49. The van der Waals surface area contributed by atoms with E-state index in [9.17, 15) is 5.11 Å². The van der Waals surface area contributed by atoms with Crippen molar-refractivity contribution in [3.8, 4) is 11.5 Å². The van der Waals surface area contributed by atoms with Crippen LogP contribution in [0, 0.1) is 0 Å². The van der Waals surface area contributed by atoms with Gasteiger partial charge in [0.25, 0.3) is 0 Å². The van der Waals surface area contributed by atoms with Gasteiger partial charge in [-0.3, -0.25) is 9.89 Å². The highest BCUT2D eigenvalue weighted by Gasteiger charge is 2.23. The van der Waals surface area contributed by atoms with Crippen LogP contribution in [0.1, 0.15) is 30.0 Å². The van der Waals surface area contributed by atoms with Crippen molar-refractivity contribution in [2.24, 2.45) is 4.99 Å². The molecule has 1 aliphatic heterocycles. The van der Waals surface area contributed by atoms with Crippen LogP contribution < -0.4 is 15.4 Å². The fraction of sp³-hybridized carbons (Fsp3) is 0.409. The fourth-order valence-electron chi connectivity index (χ4n) is 3.61. The number of aliphatic imine (C=N–C) groups is 1. The van der Waals surface area contributed by atoms with Gasteiger partial charge in [0, 0.05) is 25.7 Å². The monoisotopic (exact) mass is 510 g/mol. The van der Waals surface area contributed by atoms with Crippen LogP contribution in [0.5, 0.6) is 11.5 Å². The topological polar surface area (TPSA) is 69.1 Å². The number of halogens is 1. The molecule has 1 aliphatic rings. The molecule has 0 aliphatic carbocycles. The number of aromatic hydroxyl groups is 1. The molecular weight excluding hydrogens is 479 g/mol. The van der Waals surface area contributed by atoms with E-state index < -0.39 is 0 Å². The number of likely N-dealkylation sites (tertiary alicyclic amines) is 1. The van der Waals surface area contributed by atoms with Crippen LogP contribution in [0.3, 0.4) is 0 Å². The summed E-state index contributed by atoms with van der Waals surface area (Å²) < 4.78 is 5.24.